The average Bonchev–Trinajstić information content (AvgIpc) is 3.21. The van der Waals surface area contributed by atoms with Gasteiger partial charge < -0.3 is 29.0 Å². The van der Waals surface area contributed by atoms with Crippen LogP contribution in [-0.2, 0) is 17.8 Å². The number of nitrogens with one attached hydrogen (secondary N) is 2. The number of aromatic nitrogens is 1. The Bertz CT molecular complexity index is 1050. The van der Waals surface area contributed by atoms with Crippen LogP contribution in [0.3, 0.4) is 0 Å². The molecular weight excluding hydrogens is 394 g/mol. The Kier molecular flexibility index (Phi) is 6.32. The Hall–Kier alpha value is -3.19. The van der Waals surface area contributed by atoms with Gasteiger partial charge in [0.15, 0.2) is 11.5 Å². The molecule has 2 aromatic carbocycles. The second-order valence-corrected chi connectivity index (χ2v) is 7.84. The number of carbonyl (C=O) groups excluding carboxylic acids is 1. The van der Waals surface area contributed by atoms with Gasteiger partial charge >= 0.3 is 0 Å². The molecule has 0 aliphatic carbocycles. The molecule has 0 saturated carbocycles. The van der Waals surface area contributed by atoms with Crippen molar-refractivity contribution in [3.63, 3.8) is 0 Å². The molecule has 0 unspecified atom stereocenters. The maximum atomic E-state index is 12.9. The predicted molar refractivity (Wildman–Crippen MR) is 119 cm³/mol. The molecule has 7 heteroatoms. The van der Waals surface area contributed by atoms with Gasteiger partial charge in [-0.1, -0.05) is 18.2 Å². The number of H-pyrrole nitrogens is 1. The van der Waals surface area contributed by atoms with Gasteiger partial charge in [-0.25, -0.2) is 0 Å². The van der Waals surface area contributed by atoms with Crippen molar-refractivity contribution >= 4 is 16.8 Å². The van der Waals surface area contributed by atoms with E-state index in [1.807, 2.05) is 41.4 Å². The molecule has 0 atom stereocenters. The number of rotatable bonds is 7. The lowest BCUT2D eigenvalue weighted by molar-refractivity contribution is -0.917. The number of methoxy groups -OCH3 is 3. The Labute approximate surface area is 182 Å². The van der Waals surface area contributed by atoms with Crippen molar-refractivity contribution in [2.24, 2.45) is 0 Å². The minimum Gasteiger partial charge on any atom is -0.493 e. The number of ether oxygens (including phenoxy) is 3. The van der Waals surface area contributed by atoms with Gasteiger partial charge in [-0.15, -0.1) is 0 Å². The molecule has 0 radical (unpaired) electrons. The van der Waals surface area contributed by atoms with Crippen LogP contribution in [0.5, 0.6) is 17.2 Å². The summed E-state index contributed by atoms with van der Waals surface area (Å²) in [5.41, 5.74) is 3.21. The summed E-state index contributed by atoms with van der Waals surface area (Å²) in [6, 6.07) is 12.0. The molecule has 1 aliphatic heterocycles. The number of quaternary nitrogens is 1. The lowest BCUT2D eigenvalue weighted by Gasteiger charge is -2.32. The van der Waals surface area contributed by atoms with Gasteiger partial charge in [0.25, 0.3) is 0 Å². The molecule has 0 spiro atoms. The van der Waals surface area contributed by atoms with Crippen LogP contribution >= 0.6 is 0 Å². The zero-order chi connectivity index (χ0) is 21.8. The molecule has 1 amide bonds. The molecule has 4 rings (SSSR count). The van der Waals surface area contributed by atoms with Crippen LogP contribution in [0.2, 0.25) is 0 Å². The number of benzene rings is 2. The van der Waals surface area contributed by atoms with E-state index in [0.29, 0.717) is 23.7 Å². The van der Waals surface area contributed by atoms with Crippen LogP contribution in [0.4, 0.5) is 0 Å². The second kappa shape index (κ2) is 9.31. The third kappa shape index (κ3) is 4.32. The quantitative estimate of drug-likeness (QED) is 0.606. The van der Waals surface area contributed by atoms with Crippen LogP contribution in [-0.4, -0.2) is 63.3 Å². The number of aromatic amines is 1. The van der Waals surface area contributed by atoms with E-state index in [4.69, 9.17) is 14.2 Å². The Morgan fingerprint density at radius 2 is 1.71 bits per heavy atom. The molecule has 1 aliphatic rings. The summed E-state index contributed by atoms with van der Waals surface area (Å²) in [6.45, 7) is 4.13. The minimum absolute atomic E-state index is 0.188. The molecule has 31 heavy (non-hydrogen) atoms. The summed E-state index contributed by atoms with van der Waals surface area (Å²) >= 11 is 0. The summed E-state index contributed by atoms with van der Waals surface area (Å²) in [4.78, 5) is 19.5. The van der Waals surface area contributed by atoms with E-state index in [-0.39, 0.29) is 5.91 Å². The molecule has 2 N–H and O–H groups in total. The first-order valence-electron chi connectivity index (χ1n) is 10.6. The molecule has 1 aromatic heterocycles. The fourth-order valence-electron chi connectivity index (χ4n) is 4.37. The maximum absolute atomic E-state index is 12.9. The summed E-state index contributed by atoms with van der Waals surface area (Å²) < 4.78 is 16.5. The number of amides is 1. The summed E-state index contributed by atoms with van der Waals surface area (Å²) in [7, 11) is 4.89. The smallest absolute Gasteiger partial charge is 0.227 e. The van der Waals surface area contributed by atoms with Crippen molar-refractivity contribution in [1.29, 1.82) is 0 Å². The number of fused-ring (bicyclic) bond motifs is 1. The first-order chi connectivity index (χ1) is 15.1. The van der Waals surface area contributed by atoms with Gasteiger partial charge in [0.2, 0.25) is 11.7 Å². The third-order valence-electron chi connectivity index (χ3n) is 6.07. The molecule has 2 heterocycles. The fourth-order valence-corrected chi connectivity index (χ4v) is 4.37. The average molecular weight is 425 g/mol. The lowest BCUT2D eigenvalue weighted by Crippen LogP contribution is -3.13. The molecular formula is C24H30N3O4+. The number of piperazine rings is 1. The first-order valence-corrected chi connectivity index (χ1v) is 10.6. The van der Waals surface area contributed by atoms with Crippen molar-refractivity contribution in [3.05, 3.63) is 53.7 Å². The van der Waals surface area contributed by atoms with Crippen LogP contribution < -0.4 is 19.1 Å². The van der Waals surface area contributed by atoms with Gasteiger partial charge in [0.1, 0.15) is 6.54 Å². The highest BCUT2D eigenvalue weighted by Gasteiger charge is 2.26. The van der Waals surface area contributed by atoms with E-state index in [1.165, 1.54) is 4.90 Å². The fraction of sp³-hybridized carbons (Fsp3) is 0.375. The van der Waals surface area contributed by atoms with E-state index in [0.717, 1.165) is 54.8 Å². The molecule has 1 fully saturated rings. The van der Waals surface area contributed by atoms with Crippen molar-refractivity contribution < 1.29 is 23.9 Å². The van der Waals surface area contributed by atoms with Gasteiger partial charge in [-0.05, 0) is 23.8 Å². The van der Waals surface area contributed by atoms with Gasteiger partial charge in [-0.3, -0.25) is 4.79 Å². The molecule has 1 saturated heterocycles. The maximum Gasteiger partial charge on any atom is 0.227 e. The SMILES string of the molecule is COc1ccc(C[NH+]2CCN(C(=O)Cc3c[nH]c4ccccc34)CC2)c(OC)c1OC. The van der Waals surface area contributed by atoms with Gasteiger partial charge in [-0.2, -0.15) is 0 Å². The highest BCUT2D eigenvalue weighted by atomic mass is 16.5. The Balaban J connectivity index is 1.37. The van der Waals surface area contributed by atoms with E-state index in [2.05, 4.69) is 11.1 Å². The predicted octanol–water partition coefficient (Wildman–Crippen LogP) is 1.66. The molecule has 7 nitrogen and oxygen atoms in total. The highest BCUT2D eigenvalue weighted by molar-refractivity contribution is 5.88. The van der Waals surface area contributed by atoms with Crippen molar-refractivity contribution in [2.75, 3.05) is 47.5 Å². The van der Waals surface area contributed by atoms with Crippen molar-refractivity contribution in [2.45, 2.75) is 13.0 Å². The Morgan fingerprint density at radius 3 is 2.42 bits per heavy atom. The number of nitrogens with zero attached hydrogens (tertiary/aromatic N) is 1. The number of hydrogen-bond donors (Lipinski definition) is 2. The number of hydrogen-bond acceptors (Lipinski definition) is 4. The summed E-state index contributed by atoms with van der Waals surface area (Å²) in [5.74, 6) is 2.18. The van der Waals surface area contributed by atoms with E-state index >= 15 is 0 Å². The van der Waals surface area contributed by atoms with Gasteiger partial charge in [0.05, 0.1) is 59.5 Å². The monoisotopic (exact) mass is 424 g/mol. The summed E-state index contributed by atoms with van der Waals surface area (Å²) in [6.07, 6.45) is 2.39. The summed E-state index contributed by atoms with van der Waals surface area (Å²) in [5, 5.41) is 1.13. The van der Waals surface area contributed by atoms with Crippen LogP contribution in [0.25, 0.3) is 10.9 Å². The second-order valence-electron chi connectivity index (χ2n) is 7.84. The number of para-hydroxylation sites is 1. The largest absolute Gasteiger partial charge is 0.493 e. The van der Waals surface area contributed by atoms with E-state index < -0.39 is 0 Å². The molecule has 0 bridgehead atoms. The standard InChI is InChI=1S/C24H29N3O4/c1-29-21-9-8-17(23(30-2)24(21)31-3)16-26-10-12-27(13-11-26)22(28)14-18-15-25-20-7-5-4-6-19(18)20/h4-9,15,25H,10-14,16H2,1-3H3/p+1. The topological polar surface area (TPSA) is 68.2 Å². The Morgan fingerprint density at radius 1 is 0.968 bits per heavy atom. The van der Waals surface area contributed by atoms with Crippen LogP contribution in [0.15, 0.2) is 42.6 Å². The van der Waals surface area contributed by atoms with Crippen molar-refractivity contribution in [3.8, 4) is 17.2 Å². The molecule has 164 valence electrons. The van der Waals surface area contributed by atoms with Gasteiger partial charge in [0, 0.05) is 17.1 Å². The lowest BCUT2D eigenvalue weighted by atomic mass is 10.1. The number of carbonyl (C=O) groups is 1. The van der Waals surface area contributed by atoms with Crippen LogP contribution in [0, 0.1) is 0 Å². The molecule has 3 aromatic rings. The zero-order valence-electron chi connectivity index (χ0n) is 18.4. The van der Waals surface area contributed by atoms with E-state index in [1.54, 1.807) is 21.3 Å². The highest BCUT2D eigenvalue weighted by Crippen LogP contribution is 2.39. The first kappa shape index (κ1) is 21.1. The van der Waals surface area contributed by atoms with E-state index in [9.17, 15) is 4.79 Å². The van der Waals surface area contributed by atoms with Crippen molar-refractivity contribution in [1.82, 2.24) is 9.88 Å². The minimum atomic E-state index is 0.188. The zero-order valence-corrected chi connectivity index (χ0v) is 18.4. The van der Waals surface area contributed by atoms with Crippen LogP contribution in [0.1, 0.15) is 11.1 Å². The normalized spacial score (nSPS) is 14.6. The third-order valence-corrected chi connectivity index (χ3v) is 6.07.